The molecule has 1 atom stereocenters. The highest BCUT2D eigenvalue weighted by atomic mass is 35.5. The molecule has 5 aliphatic rings. The number of aromatic hydroxyl groups is 1. The molecule has 0 aliphatic carbocycles. The number of nitrogens with zero attached hydrogens (tertiary/aromatic N) is 5. The fraction of sp³-hybridized carbons (Fsp3) is 0.362. The maximum Gasteiger partial charge on any atom is 0.264 e. The Hall–Kier alpha value is -5.20. The second kappa shape index (κ2) is 16.7. The average molecular weight is 851 g/mol. The normalized spacial score (nSPS) is 18.3. The van der Waals surface area contributed by atoms with E-state index in [1.54, 1.807) is 29.2 Å². The summed E-state index contributed by atoms with van der Waals surface area (Å²) in [5.74, 6) is 0.956. The number of fused-ring (bicyclic) bond motifs is 4. The zero-order valence-corrected chi connectivity index (χ0v) is 35.3. The van der Waals surface area contributed by atoms with Crippen molar-refractivity contribution < 1.29 is 28.9 Å². The molecular formula is C47H49Cl2N5O6. The van der Waals surface area contributed by atoms with Gasteiger partial charge in [-0.25, -0.2) is 0 Å². The summed E-state index contributed by atoms with van der Waals surface area (Å²) in [7, 11) is 2.11. The van der Waals surface area contributed by atoms with E-state index in [-0.39, 0.29) is 42.8 Å². The van der Waals surface area contributed by atoms with Crippen LogP contribution >= 0.6 is 24.0 Å². The smallest absolute Gasteiger partial charge is 0.264 e. The second-order valence-electron chi connectivity index (χ2n) is 16.3. The molecule has 1 fully saturated rings. The van der Waals surface area contributed by atoms with Gasteiger partial charge in [0.1, 0.15) is 5.75 Å². The highest BCUT2D eigenvalue weighted by Crippen LogP contribution is 2.44. The van der Waals surface area contributed by atoms with Crippen molar-refractivity contribution in [1.82, 2.24) is 14.4 Å². The lowest BCUT2D eigenvalue weighted by Crippen LogP contribution is -2.52. The molecular weight excluding hydrogens is 801 g/mol. The Labute approximate surface area is 361 Å². The third kappa shape index (κ3) is 7.35. The van der Waals surface area contributed by atoms with Crippen LogP contribution < -0.4 is 19.3 Å². The van der Waals surface area contributed by atoms with Crippen LogP contribution in [0.2, 0.25) is 5.02 Å². The molecule has 5 aromatic rings. The van der Waals surface area contributed by atoms with Crippen molar-refractivity contribution in [2.75, 3.05) is 63.0 Å². The summed E-state index contributed by atoms with van der Waals surface area (Å²) >= 11 is 6.79. The molecule has 60 heavy (non-hydrogen) atoms. The van der Waals surface area contributed by atoms with Gasteiger partial charge in [-0.2, -0.15) is 0 Å². The van der Waals surface area contributed by atoms with Crippen LogP contribution in [-0.2, 0) is 37.1 Å². The average Bonchev–Trinajstić information content (AvgIpc) is 3.89. The number of ether oxygens (including phenoxy) is 3. The van der Waals surface area contributed by atoms with Crippen molar-refractivity contribution >= 4 is 52.9 Å². The molecule has 0 radical (unpaired) electrons. The van der Waals surface area contributed by atoms with Gasteiger partial charge >= 0.3 is 0 Å². The molecule has 312 valence electrons. The number of morpholine rings is 1. The molecule has 0 spiro atoms. The second-order valence-corrected chi connectivity index (χ2v) is 16.7. The topological polar surface area (TPSA) is 100.0 Å². The van der Waals surface area contributed by atoms with Crippen LogP contribution in [0.5, 0.6) is 17.2 Å². The van der Waals surface area contributed by atoms with Gasteiger partial charge in [0.25, 0.3) is 11.8 Å². The highest BCUT2D eigenvalue weighted by molar-refractivity contribution is 6.31. The van der Waals surface area contributed by atoms with Gasteiger partial charge in [0.05, 0.1) is 24.3 Å². The lowest BCUT2D eigenvalue weighted by Gasteiger charge is -2.41. The number of benzene rings is 4. The Morgan fingerprint density at radius 3 is 2.43 bits per heavy atom. The Morgan fingerprint density at radius 2 is 1.62 bits per heavy atom. The summed E-state index contributed by atoms with van der Waals surface area (Å²) in [4.78, 5) is 39.0. The van der Waals surface area contributed by atoms with Crippen LogP contribution in [0.15, 0.2) is 78.9 Å². The summed E-state index contributed by atoms with van der Waals surface area (Å²) in [5, 5.41) is 11.0. The molecule has 6 heterocycles. The summed E-state index contributed by atoms with van der Waals surface area (Å²) in [6.45, 7) is 5.83. The molecule has 2 amide bonds. The van der Waals surface area contributed by atoms with Crippen LogP contribution in [-0.4, -0.2) is 90.6 Å². The fourth-order valence-corrected chi connectivity index (χ4v) is 9.98. The van der Waals surface area contributed by atoms with Crippen LogP contribution in [0, 0.1) is 0 Å². The Kier molecular flexibility index (Phi) is 11.2. The van der Waals surface area contributed by atoms with E-state index in [1.807, 2.05) is 41.3 Å². The molecule has 10 rings (SSSR count). The minimum atomic E-state index is -0.166. The molecule has 4 aromatic carbocycles. The van der Waals surface area contributed by atoms with Crippen LogP contribution in [0.3, 0.4) is 0 Å². The fourth-order valence-electron chi connectivity index (χ4n) is 9.71. The SMILES string of the molecule is CN1CCCc2cc(N(C(=O)c3cc(-c4cc5c(cc4C(=O)N4Cc6cccc(Cl)c6C[C@H]4CN4CCOCC4)OCO5)n4c3CCCC4)c3ccc(O)cc3)ccc21.Cl. The minimum Gasteiger partial charge on any atom is -0.508 e. The van der Waals surface area contributed by atoms with Crippen molar-refractivity contribution in [2.24, 2.45) is 0 Å². The first kappa shape index (κ1) is 40.2. The van der Waals surface area contributed by atoms with E-state index in [2.05, 4.69) is 39.6 Å². The number of anilines is 3. The number of aromatic nitrogens is 1. The molecule has 0 bridgehead atoms. The monoisotopic (exact) mass is 849 g/mol. The van der Waals surface area contributed by atoms with E-state index in [0.717, 1.165) is 85.0 Å². The third-order valence-corrected chi connectivity index (χ3v) is 13.1. The summed E-state index contributed by atoms with van der Waals surface area (Å²) in [6, 6.07) is 24.6. The molecule has 5 aliphatic heterocycles. The summed E-state index contributed by atoms with van der Waals surface area (Å²) in [5.41, 5.74) is 9.48. The number of amides is 2. The maximum atomic E-state index is 15.3. The largest absolute Gasteiger partial charge is 0.508 e. The predicted molar refractivity (Wildman–Crippen MR) is 235 cm³/mol. The first-order chi connectivity index (χ1) is 28.8. The van der Waals surface area contributed by atoms with E-state index in [9.17, 15) is 5.11 Å². The van der Waals surface area contributed by atoms with Crippen molar-refractivity contribution in [3.8, 4) is 28.5 Å². The Balaban J connectivity index is 0.00000462. The molecule has 11 nitrogen and oxygen atoms in total. The minimum absolute atomic E-state index is 0. The third-order valence-electron chi connectivity index (χ3n) is 12.8. The number of hydrogen-bond acceptors (Lipinski definition) is 8. The number of hydrogen-bond donors (Lipinski definition) is 1. The maximum absolute atomic E-state index is 15.3. The van der Waals surface area contributed by atoms with Gasteiger partial charge in [-0.15, -0.1) is 12.4 Å². The first-order valence-electron chi connectivity index (χ1n) is 20.8. The summed E-state index contributed by atoms with van der Waals surface area (Å²) in [6.07, 6.45) is 5.22. The van der Waals surface area contributed by atoms with Gasteiger partial charge in [-0.3, -0.25) is 19.4 Å². The van der Waals surface area contributed by atoms with Crippen LogP contribution in [0.25, 0.3) is 11.3 Å². The van der Waals surface area contributed by atoms with Crippen molar-refractivity contribution in [1.29, 1.82) is 0 Å². The highest BCUT2D eigenvalue weighted by Gasteiger charge is 2.37. The van der Waals surface area contributed by atoms with Gasteiger partial charge in [0.15, 0.2) is 11.5 Å². The number of carbonyl (C=O) groups is 2. The van der Waals surface area contributed by atoms with Gasteiger partial charge in [0.2, 0.25) is 6.79 Å². The van der Waals surface area contributed by atoms with Crippen LogP contribution in [0.1, 0.15) is 62.4 Å². The number of aryl methyl sites for hydroxylation is 1. The van der Waals surface area contributed by atoms with Crippen molar-refractivity contribution in [3.05, 3.63) is 117 Å². The predicted octanol–water partition coefficient (Wildman–Crippen LogP) is 8.26. The zero-order valence-electron chi connectivity index (χ0n) is 33.7. The molecule has 13 heteroatoms. The van der Waals surface area contributed by atoms with E-state index in [0.29, 0.717) is 73.1 Å². The zero-order chi connectivity index (χ0) is 40.2. The van der Waals surface area contributed by atoms with E-state index in [1.165, 1.54) is 11.3 Å². The standard InChI is InChI=1S/C47H48ClN5O6.ClH/c1-49-16-5-7-30-22-33(12-15-41(30)49)53(32-10-13-35(54)14-11-32)47(56)39-24-43(51-17-3-2-9-42(39)51)37-25-44-45(59-29-58-44)26-38(37)46(55)52-27-31-6-4-8-40(48)36(31)23-34(52)28-50-18-20-57-21-19-50;/h4,6,8,10-15,22,24-26,34,54H,2-3,5,7,9,16-21,23,27-29H2,1H3;1H/t34-;/m0./s1. The molecule has 1 saturated heterocycles. The molecule has 0 unspecified atom stereocenters. The molecule has 1 N–H and O–H groups in total. The number of phenols is 1. The van der Waals surface area contributed by atoms with E-state index < -0.39 is 0 Å². The summed E-state index contributed by atoms with van der Waals surface area (Å²) < 4.78 is 19.8. The van der Waals surface area contributed by atoms with E-state index in [4.69, 9.17) is 25.8 Å². The quantitative estimate of drug-likeness (QED) is 0.175. The lowest BCUT2D eigenvalue weighted by atomic mass is 9.91. The number of carbonyl (C=O) groups excluding carboxylic acids is 2. The lowest BCUT2D eigenvalue weighted by molar-refractivity contribution is 0.0193. The van der Waals surface area contributed by atoms with Gasteiger partial charge in [0, 0.05) is 91.4 Å². The van der Waals surface area contributed by atoms with Gasteiger partial charge in [-0.1, -0.05) is 23.7 Å². The first-order valence-corrected chi connectivity index (χ1v) is 21.2. The molecule has 0 saturated carbocycles. The Bertz CT molecular complexity index is 2450. The number of rotatable bonds is 7. The Morgan fingerprint density at radius 1 is 0.833 bits per heavy atom. The van der Waals surface area contributed by atoms with Crippen molar-refractivity contribution in [2.45, 2.75) is 57.7 Å². The molecule has 1 aromatic heterocycles. The van der Waals surface area contributed by atoms with Gasteiger partial charge < -0.3 is 33.7 Å². The van der Waals surface area contributed by atoms with E-state index >= 15 is 9.59 Å². The van der Waals surface area contributed by atoms with Crippen molar-refractivity contribution in [3.63, 3.8) is 0 Å². The number of halogens is 2. The number of phenolic OH excluding ortho intramolecular Hbond substituents is 1. The van der Waals surface area contributed by atoms with Crippen LogP contribution in [0.4, 0.5) is 17.1 Å². The van der Waals surface area contributed by atoms with Gasteiger partial charge in [-0.05, 0) is 122 Å².